The molecule has 9 heteroatoms. The number of benzene rings is 3. The van der Waals surface area contributed by atoms with Crippen LogP contribution in [0.4, 0.5) is 4.39 Å². The molecule has 0 saturated carbocycles. The number of aromatic nitrogens is 1. The molecule has 0 aliphatic rings. The first-order valence-corrected chi connectivity index (χ1v) is 18.4. The van der Waals surface area contributed by atoms with Gasteiger partial charge in [-0.3, -0.25) is 20.1 Å². The van der Waals surface area contributed by atoms with Crippen molar-refractivity contribution < 1.29 is 28.2 Å². The first kappa shape index (κ1) is 32.4. The molecule has 0 aliphatic heterocycles. The van der Waals surface area contributed by atoms with Gasteiger partial charge >= 0.3 is 5.97 Å². The maximum Gasteiger partial charge on any atom is 0.311 e. The number of carbonyl (C=O) groups is 1. The molecule has 0 atom stereocenters. The predicted octanol–water partition coefficient (Wildman–Crippen LogP) is 8.66. The van der Waals surface area contributed by atoms with Gasteiger partial charge in [-0.1, -0.05) is 68.5 Å². The number of carbonyl (C=O) groups excluding carboxylic acids is 1. The summed E-state index contributed by atoms with van der Waals surface area (Å²) in [4.78, 5) is 22.6. The fourth-order valence-corrected chi connectivity index (χ4v) is 5.55. The maximum atomic E-state index is 13.4. The lowest BCUT2D eigenvalue weighted by Crippen LogP contribution is -2.19. The quantitative estimate of drug-likeness (QED) is 0.0445. The first-order chi connectivity index (χ1) is 21.3. The van der Waals surface area contributed by atoms with E-state index >= 15 is 0 Å². The first-order valence-electron chi connectivity index (χ1n) is 14.7. The summed E-state index contributed by atoms with van der Waals surface area (Å²) in [5.74, 6) is 0.474. The van der Waals surface area contributed by atoms with Gasteiger partial charge in [-0.25, -0.2) is 4.39 Å². The standard InChI is InChI=1S/C35H39FN2O5Si/c1-44(2,3)26-7-5-12-34(39)43-35-32(10-8-11-33(35)42-30-19-17-29(36)18-20-30)40-24-25-41-38-23-21-27-13-15-28(16-14-27)31-9-4-6-22-37-31/h4,6,8-11,13-23,38H,5,7,12,24-26H2,1-3H3. The Kier molecular flexibility index (Phi) is 12.1. The number of halogens is 1. The zero-order valence-corrected chi connectivity index (χ0v) is 26.4. The molecule has 230 valence electrons. The number of hydrogen-bond donors (Lipinski definition) is 1. The molecule has 0 bridgehead atoms. The number of para-hydroxylation sites is 1. The lowest BCUT2D eigenvalue weighted by Gasteiger charge is -2.17. The van der Waals surface area contributed by atoms with Crippen LogP contribution in [0.3, 0.4) is 0 Å². The molecule has 0 unspecified atom stereocenters. The van der Waals surface area contributed by atoms with Crippen LogP contribution in [0.1, 0.15) is 24.8 Å². The van der Waals surface area contributed by atoms with E-state index in [1.54, 1.807) is 30.6 Å². The van der Waals surface area contributed by atoms with E-state index in [9.17, 15) is 9.18 Å². The van der Waals surface area contributed by atoms with Crippen LogP contribution >= 0.6 is 0 Å². The molecule has 4 rings (SSSR count). The minimum absolute atomic E-state index is 0.175. The van der Waals surface area contributed by atoms with E-state index in [1.807, 2.05) is 48.5 Å². The normalized spacial score (nSPS) is 11.4. The zero-order chi connectivity index (χ0) is 31.2. The summed E-state index contributed by atoms with van der Waals surface area (Å²) in [6.07, 6.45) is 7.39. The average molecular weight is 615 g/mol. The maximum absolute atomic E-state index is 13.4. The number of unbranched alkanes of at least 4 members (excludes halogenated alkanes) is 1. The van der Waals surface area contributed by atoms with Crippen molar-refractivity contribution in [2.24, 2.45) is 0 Å². The van der Waals surface area contributed by atoms with Gasteiger partial charge in [0, 0.05) is 32.5 Å². The van der Waals surface area contributed by atoms with Crippen molar-refractivity contribution in [2.45, 2.75) is 44.9 Å². The van der Waals surface area contributed by atoms with Gasteiger partial charge in [0.1, 0.15) is 24.8 Å². The van der Waals surface area contributed by atoms with Crippen LogP contribution in [0, 0.1) is 5.82 Å². The van der Waals surface area contributed by atoms with E-state index < -0.39 is 8.07 Å². The number of hydroxylamine groups is 1. The van der Waals surface area contributed by atoms with Crippen LogP contribution in [-0.4, -0.2) is 32.2 Å². The Bertz CT molecular complexity index is 1490. The smallest absolute Gasteiger partial charge is 0.311 e. The molecule has 0 spiro atoms. The number of hydrogen-bond acceptors (Lipinski definition) is 7. The summed E-state index contributed by atoms with van der Waals surface area (Å²) in [6.45, 7) is 7.35. The van der Waals surface area contributed by atoms with Gasteiger partial charge in [-0.15, -0.1) is 0 Å². The highest BCUT2D eigenvalue weighted by molar-refractivity contribution is 6.76. The molecule has 1 N–H and O–H groups in total. The summed E-state index contributed by atoms with van der Waals surface area (Å²) in [5, 5.41) is 0. The highest BCUT2D eigenvalue weighted by atomic mass is 28.3. The summed E-state index contributed by atoms with van der Waals surface area (Å²) >= 11 is 0. The van der Waals surface area contributed by atoms with E-state index in [4.69, 9.17) is 19.0 Å². The van der Waals surface area contributed by atoms with E-state index in [0.29, 0.717) is 23.7 Å². The molecule has 4 aromatic rings. The van der Waals surface area contributed by atoms with Crippen LogP contribution < -0.4 is 19.7 Å². The lowest BCUT2D eigenvalue weighted by atomic mass is 10.1. The van der Waals surface area contributed by atoms with Gasteiger partial charge in [0.25, 0.3) is 0 Å². The third-order valence-electron chi connectivity index (χ3n) is 6.50. The number of ether oxygens (including phenoxy) is 3. The minimum atomic E-state index is -1.17. The van der Waals surface area contributed by atoms with Crippen molar-refractivity contribution >= 4 is 20.1 Å². The van der Waals surface area contributed by atoms with E-state index in [1.165, 1.54) is 24.3 Å². The number of esters is 1. The topological polar surface area (TPSA) is 78.9 Å². The van der Waals surface area contributed by atoms with E-state index in [0.717, 1.165) is 35.7 Å². The molecule has 0 saturated heterocycles. The van der Waals surface area contributed by atoms with E-state index in [-0.39, 0.29) is 30.7 Å². The Morgan fingerprint density at radius 2 is 1.66 bits per heavy atom. The summed E-state index contributed by atoms with van der Waals surface area (Å²) in [5.41, 5.74) is 5.76. The average Bonchev–Trinajstić information content (AvgIpc) is 3.01. The fourth-order valence-electron chi connectivity index (χ4n) is 4.24. The second-order valence-electron chi connectivity index (χ2n) is 11.4. The number of rotatable bonds is 16. The minimum Gasteiger partial charge on any atom is -0.487 e. The number of nitrogens with one attached hydrogen (secondary N) is 1. The summed E-state index contributed by atoms with van der Waals surface area (Å²) in [7, 11) is -1.17. The Balaban J connectivity index is 1.30. The van der Waals surface area contributed by atoms with Gasteiger partial charge in [-0.2, -0.15) is 0 Å². The number of pyridine rings is 1. The molecule has 7 nitrogen and oxygen atoms in total. The Morgan fingerprint density at radius 3 is 2.39 bits per heavy atom. The van der Waals surface area contributed by atoms with E-state index in [2.05, 4.69) is 30.1 Å². The third-order valence-corrected chi connectivity index (χ3v) is 8.35. The van der Waals surface area contributed by atoms with Crippen LogP contribution in [0.15, 0.2) is 97.3 Å². The van der Waals surface area contributed by atoms with Gasteiger partial charge in [0.15, 0.2) is 11.5 Å². The largest absolute Gasteiger partial charge is 0.487 e. The SMILES string of the molecule is C[Si](C)(C)CCCCC(=O)Oc1c(OCCONC=Cc2ccc(-c3ccccn3)cc2)cccc1Oc1ccc(F)cc1. The molecular formula is C35H39FN2O5Si. The summed E-state index contributed by atoms with van der Waals surface area (Å²) in [6, 6.07) is 25.7. The molecule has 1 heterocycles. The van der Waals surface area contributed by atoms with Crippen molar-refractivity contribution in [3.8, 4) is 34.3 Å². The van der Waals surface area contributed by atoms with Crippen molar-refractivity contribution in [3.05, 3.63) is 109 Å². The monoisotopic (exact) mass is 614 g/mol. The van der Waals surface area contributed by atoms with Gasteiger partial charge in [0.05, 0.1) is 5.69 Å². The van der Waals surface area contributed by atoms with Crippen LogP contribution in [0.2, 0.25) is 25.7 Å². The van der Waals surface area contributed by atoms with Gasteiger partial charge in [0.2, 0.25) is 5.75 Å². The Labute approximate surface area is 259 Å². The number of nitrogens with zero attached hydrogens (tertiary/aromatic N) is 1. The van der Waals surface area contributed by atoms with Crippen LogP contribution in [0.5, 0.6) is 23.0 Å². The zero-order valence-electron chi connectivity index (χ0n) is 25.4. The van der Waals surface area contributed by atoms with Crippen molar-refractivity contribution in [1.29, 1.82) is 0 Å². The molecule has 0 fully saturated rings. The predicted molar refractivity (Wildman–Crippen MR) is 174 cm³/mol. The Hall–Kier alpha value is -4.47. The van der Waals surface area contributed by atoms with Gasteiger partial charge in [-0.05, 0) is 66.6 Å². The van der Waals surface area contributed by atoms with Crippen molar-refractivity contribution in [2.75, 3.05) is 13.2 Å². The fraction of sp³-hybridized carbons (Fsp3) is 0.257. The second-order valence-corrected chi connectivity index (χ2v) is 17.0. The molecule has 3 aromatic carbocycles. The highest BCUT2D eigenvalue weighted by Gasteiger charge is 2.18. The van der Waals surface area contributed by atoms with Crippen molar-refractivity contribution in [1.82, 2.24) is 10.5 Å². The molecular weight excluding hydrogens is 575 g/mol. The van der Waals surface area contributed by atoms with Crippen LogP contribution in [0.25, 0.3) is 17.3 Å². The second kappa shape index (κ2) is 16.4. The molecule has 0 aliphatic carbocycles. The molecule has 1 aromatic heterocycles. The molecule has 0 radical (unpaired) electrons. The molecule has 44 heavy (non-hydrogen) atoms. The Morgan fingerprint density at radius 1 is 0.886 bits per heavy atom. The summed E-state index contributed by atoms with van der Waals surface area (Å²) < 4.78 is 31.0. The highest BCUT2D eigenvalue weighted by Crippen LogP contribution is 2.40. The third kappa shape index (κ3) is 11.0. The van der Waals surface area contributed by atoms with Crippen molar-refractivity contribution in [3.63, 3.8) is 0 Å². The van der Waals surface area contributed by atoms with Gasteiger partial charge < -0.3 is 14.2 Å². The molecule has 0 amide bonds. The lowest BCUT2D eigenvalue weighted by molar-refractivity contribution is -0.134. The van der Waals surface area contributed by atoms with Crippen LogP contribution in [-0.2, 0) is 9.63 Å².